The molecule has 0 spiro atoms. The Morgan fingerprint density at radius 2 is 1.57 bits per heavy atom. The third-order valence-corrected chi connectivity index (χ3v) is 5.73. The first-order valence-corrected chi connectivity index (χ1v) is 11.2. The number of carbonyl (C=O) groups is 1. The lowest BCUT2D eigenvalue weighted by molar-refractivity contribution is -0.139. The molecule has 30 heavy (non-hydrogen) atoms. The van der Waals surface area contributed by atoms with Gasteiger partial charge in [0, 0.05) is 31.0 Å². The van der Waals surface area contributed by atoms with E-state index in [9.17, 15) is 13.2 Å². The molecule has 156 valence electrons. The second-order valence-corrected chi connectivity index (χ2v) is 8.86. The van der Waals surface area contributed by atoms with Crippen LogP contribution in [-0.4, -0.2) is 42.0 Å². The van der Waals surface area contributed by atoms with Gasteiger partial charge in [-0.05, 0) is 22.8 Å². The number of nitrogens with zero attached hydrogens (tertiary/aromatic N) is 3. The van der Waals surface area contributed by atoms with Gasteiger partial charge in [-0.2, -0.15) is 4.31 Å². The SMILES string of the molecule is COC(=O)Cc1cccc(CN(Cc2ccc(-c3ncccn3)cc2)S(C)(=O)=O)c1. The van der Waals surface area contributed by atoms with Gasteiger partial charge < -0.3 is 4.74 Å². The van der Waals surface area contributed by atoms with Crippen molar-refractivity contribution in [2.45, 2.75) is 19.5 Å². The summed E-state index contributed by atoms with van der Waals surface area (Å²) in [5.74, 6) is 0.279. The van der Waals surface area contributed by atoms with Crippen molar-refractivity contribution >= 4 is 16.0 Å². The summed E-state index contributed by atoms with van der Waals surface area (Å²) in [5.41, 5.74) is 3.29. The highest BCUT2D eigenvalue weighted by molar-refractivity contribution is 7.88. The Morgan fingerprint density at radius 1 is 0.933 bits per heavy atom. The molecule has 0 aliphatic heterocycles. The van der Waals surface area contributed by atoms with Gasteiger partial charge >= 0.3 is 5.97 Å². The number of methoxy groups -OCH3 is 1. The Balaban J connectivity index is 1.76. The second-order valence-electron chi connectivity index (χ2n) is 6.87. The predicted octanol–water partition coefficient (Wildman–Crippen LogP) is 2.82. The Kier molecular flexibility index (Phi) is 6.91. The van der Waals surface area contributed by atoms with E-state index in [2.05, 4.69) is 9.97 Å². The molecule has 0 atom stereocenters. The minimum absolute atomic E-state index is 0.145. The van der Waals surface area contributed by atoms with Crippen LogP contribution in [0.4, 0.5) is 0 Å². The van der Waals surface area contributed by atoms with Crippen molar-refractivity contribution in [2.75, 3.05) is 13.4 Å². The van der Waals surface area contributed by atoms with E-state index >= 15 is 0 Å². The van der Waals surface area contributed by atoms with E-state index in [1.54, 1.807) is 18.5 Å². The highest BCUT2D eigenvalue weighted by atomic mass is 32.2. The van der Waals surface area contributed by atoms with Crippen LogP contribution in [0.25, 0.3) is 11.4 Å². The van der Waals surface area contributed by atoms with E-state index in [-0.39, 0.29) is 25.5 Å². The lowest BCUT2D eigenvalue weighted by Gasteiger charge is -2.20. The highest BCUT2D eigenvalue weighted by Crippen LogP contribution is 2.18. The van der Waals surface area contributed by atoms with Crippen LogP contribution in [0.2, 0.25) is 0 Å². The summed E-state index contributed by atoms with van der Waals surface area (Å²) < 4.78 is 30.8. The van der Waals surface area contributed by atoms with Crippen LogP contribution in [0.15, 0.2) is 67.0 Å². The number of rotatable bonds is 8. The molecule has 1 heterocycles. The van der Waals surface area contributed by atoms with Gasteiger partial charge in [0.05, 0.1) is 19.8 Å². The summed E-state index contributed by atoms with van der Waals surface area (Å²) in [5, 5.41) is 0. The number of carbonyl (C=O) groups excluding carboxylic acids is 1. The summed E-state index contributed by atoms with van der Waals surface area (Å²) >= 11 is 0. The van der Waals surface area contributed by atoms with Crippen LogP contribution in [0, 0.1) is 0 Å². The number of benzene rings is 2. The van der Waals surface area contributed by atoms with Crippen molar-refractivity contribution in [3.05, 3.63) is 83.7 Å². The molecule has 0 saturated carbocycles. The van der Waals surface area contributed by atoms with E-state index in [1.807, 2.05) is 48.5 Å². The van der Waals surface area contributed by atoms with E-state index in [4.69, 9.17) is 4.74 Å². The average molecular weight is 426 g/mol. The lowest BCUT2D eigenvalue weighted by Crippen LogP contribution is -2.29. The molecule has 3 aromatic rings. The maximum Gasteiger partial charge on any atom is 0.309 e. The molecule has 0 aliphatic rings. The maximum absolute atomic E-state index is 12.4. The summed E-state index contributed by atoms with van der Waals surface area (Å²) in [6.07, 6.45) is 4.69. The Bertz CT molecular complexity index is 1100. The Hall–Kier alpha value is -3.10. The third-order valence-electron chi connectivity index (χ3n) is 4.53. The van der Waals surface area contributed by atoms with Gasteiger partial charge in [0.1, 0.15) is 0 Å². The van der Waals surface area contributed by atoms with Crippen LogP contribution in [0.1, 0.15) is 16.7 Å². The van der Waals surface area contributed by atoms with Crippen molar-refractivity contribution in [1.82, 2.24) is 14.3 Å². The standard InChI is InChI=1S/C22H23N3O4S/c1-29-21(26)14-18-5-3-6-19(13-18)16-25(30(2,27)28)15-17-7-9-20(10-8-17)22-23-11-4-12-24-22/h3-13H,14-16H2,1-2H3. The molecule has 2 aromatic carbocycles. The fourth-order valence-corrected chi connectivity index (χ4v) is 3.75. The van der Waals surface area contributed by atoms with Crippen molar-refractivity contribution in [2.24, 2.45) is 0 Å². The van der Waals surface area contributed by atoms with Crippen molar-refractivity contribution in [3.8, 4) is 11.4 Å². The maximum atomic E-state index is 12.4. The Morgan fingerprint density at radius 3 is 2.20 bits per heavy atom. The second kappa shape index (κ2) is 9.60. The quantitative estimate of drug-likeness (QED) is 0.516. The molecule has 0 fully saturated rings. The zero-order valence-electron chi connectivity index (χ0n) is 16.9. The fraction of sp³-hybridized carbons (Fsp3) is 0.227. The van der Waals surface area contributed by atoms with Gasteiger partial charge in [-0.3, -0.25) is 4.79 Å². The minimum atomic E-state index is -3.45. The topological polar surface area (TPSA) is 89.5 Å². The van der Waals surface area contributed by atoms with Gasteiger partial charge in [0.25, 0.3) is 0 Å². The first-order valence-electron chi connectivity index (χ1n) is 9.31. The molecule has 8 heteroatoms. The average Bonchev–Trinajstić information content (AvgIpc) is 2.74. The highest BCUT2D eigenvalue weighted by Gasteiger charge is 2.18. The zero-order chi connectivity index (χ0) is 21.6. The first-order chi connectivity index (χ1) is 14.3. The molecule has 0 radical (unpaired) electrons. The third kappa shape index (κ3) is 5.95. The normalized spacial score (nSPS) is 11.4. The molecule has 0 aliphatic carbocycles. The number of sulfonamides is 1. The van der Waals surface area contributed by atoms with Crippen LogP contribution in [0.3, 0.4) is 0 Å². The molecule has 1 aromatic heterocycles. The predicted molar refractivity (Wildman–Crippen MR) is 114 cm³/mol. The Labute approximate surface area is 176 Å². The molecular weight excluding hydrogens is 402 g/mol. The number of hydrogen-bond acceptors (Lipinski definition) is 6. The van der Waals surface area contributed by atoms with Crippen molar-refractivity contribution in [1.29, 1.82) is 0 Å². The molecule has 0 saturated heterocycles. The van der Waals surface area contributed by atoms with Gasteiger partial charge in [-0.1, -0.05) is 48.5 Å². The van der Waals surface area contributed by atoms with Crippen LogP contribution in [0.5, 0.6) is 0 Å². The molecule has 3 rings (SSSR count). The number of esters is 1. The fourth-order valence-electron chi connectivity index (χ4n) is 2.98. The van der Waals surface area contributed by atoms with E-state index in [0.29, 0.717) is 5.82 Å². The molecule has 0 N–H and O–H groups in total. The van der Waals surface area contributed by atoms with Gasteiger partial charge in [0.2, 0.25) is 10.0 Å². The van der Waals surface area contributed by atoms with Crippen molar-refractivity contribution in [3.63, 3.8) is 0 Å². The van der Waals surface area contributed by atoms with E-state index in [0.717, 1.165) is 22.3 Å². The van der Waals surface area contributed by atoms with Crippen LogP contribution >= 0.6 is 0 Å². The van der Waals surface area contributed by atoms with Gasteiger partial charge in [-0.15, -0.1) is 0 Å². The lowest BCUT2D eigenvalue weighted by atomic mass is 10.1. The first kappa shape index (κ1) is 21.6. The van der Waals surface area contributed by atoms with E-state index < -0.39 is 10.0 Å². The van der Waals surface area contributed by atoms with Gasteiger partial charge in [0.15, 0.2) is 5.82 Å². The summed E-state index contributed by atoms with van der Waals surface area (Å²) in [7, 11) is -2.11. The minimum Gasteiger partial charge on any atom is -0.469 e. The van der Waals surface area contributed by atoms with Crippen LogP contribution < -0.4 is 0 Å². The monoisotopic (exact) mass is 425 g/mol. The summed E-state index contributed by atoms with van der Waals surface area (Å²) in [4.78, 5) is 19.9. The van der Waals surface area contributed by atoms with E-state index in [1.165, 1.54) is 17.7 Å². The zero-order valence-corrected chi connectivity index (χ0v) is 17.7. The smallest absolute Gasteiger partial charge is 0.309 e. The summed E-state index contributed by atoms with van der Waals surface area (Å²) in [6.45, 7) is 0.438. The number of hydrogen-bond donors (Lipinski definition) is 0. The number of ether oxygens (including phenoxy) is 1. The number of aromatic nitrogens is 2. The van der Waals surface area contributed by atoms with Crippen molar-refractivity contribution < 1.29 is 17.9 Å². The molecule has 0 bridgehead atoms. The molecular formula is C22H23N3O4S. The molecule has 0 amide bonds. The molecule has 7 nitrogen and oxygen atoms in total. The summed E-state index contributed by atoms with van der Waals surface area (Å²) in [6, 6.07) is 16.5. The molecule has 0 unspecified atom stereocenters. The van der Waals surface area contributed by atoms with Gasteiger partial charge in [-0.25, -0.2) is 18.4 Å². The van der Waals surface area contributed by atoms with Crippen LogP contribution in [-0.2, 0) is 39.1 Å². The largest absolute Gasteiger partial charge is 0.469 e.